The number of carbonyl (C=O) groups excluding carboxylic acids is 2. The van der Waals surface area contributed by atoms with Gasteiger partial charge in [0, 0.05) is 0 Å². The number of pyridine rings is 1. The lowest BCUT2D eigenvalue weighted by molar-refractivity contribution is -0.160. The topological polar surface area (TPSA) is 127 Å². The normalized spacial score (nSPS) is 11.5. The highest BCUT2D eigenvalue weighted by Gasteiger charge is 2.18. The number of hydrogen-bond acceptors (Lipinski definition) is 7. The molecule has 124 valence electrons. The summed E-state index contributed by atoms with van der Waals surface area (Å²) in [6.07, 6.45) is 0.405. The van der Waals surface area contributed by atoms with Gasteiger partial charge >= 0.3 is 11.9 Å². The maximum atomic E-state index is 11.5. The fourth-order valence-corrected chi connectivity index (χ4v) is 1.42. The van der Waals surface area contributed by atoms with Gasteiger partial charge in [0.25, 0.3) is 0 Å². The van der Waals surface area contributed by atoms with Crippen LogP contribution in [-0.2, 0) is 24.0 Å². The van der Waals surface area contributed by atoms with E-state index in [2.05, 4.69) is 15.5 Å². The molecule has 0 bridgehead atoms. The van der Waals surface area contributed by atoms with Crippen LogP contribution in [0.25, 0.3) is 0 Å². The highest BCUT2D eigenvalue weighted by atomic mass is 16.7. The van der Waals surface area contributed by atoms with Crippen LogP contribution < -0.4 is 5.32 Å². The van der Waals surface area contributed by atoms with Gasteiger partial charge in [-0.1, -0.05) is 11.2 Å². The molecular weight excluding hydrogens is 306 g/mol. The molecule has 9 heteroatoms. The Kier molecular flexibility index (Phi) is 6.19. The first-order valence-electron chi connectivity index (χ1n) is 6.55. The molecule has 0 unspecified atom stereocenters. The smallest absolute Gasteiger partial charge is 0.360 e. The SMILES string of the molecule is CC(C)(C)OC(=O)CO/N=C(/C(=O)O)c1cccc(NC=O)n1. The maximum Gasteiger partial charge on any atom is 0.360 e. The summed E-state index contributed by atoms with van der Waals surface area (Å²) in [5, 5.41) is 14.8. The summed E-state index contributed by atoms with van der Waals surface area (Å²) in [7, 11) is 0. The van der Waals surface area contributed by atoms with E-state index in [0.717, 1.165) is 0 Å². The van der Waals surface area contributed by atoms with Gasteiger partial charge in [-0.15, -0.1) is 0 Å². The van der Waals surface area contributed by atoms with E-state index in [4.69, 9.17) is 14.7 Å². The van der Waals surface area contributed by atoms with Crippen LogP contribution in [0.1, 0.15) is 26.5 Å². The van der Waals surface area contributed by atoms with Crippen LogP contribution in [0.4, 0.5) is 5.82 Å². The minimum Gasteiger partial charge on any atom is -0.476 e. The van der Waals surface area contributed by atoms with Crippen LogP contribution in [0.5, 0.6) is 0 Å². The monoisotopic (exact) mass is 323 g/mol. The maximum absolute atomic E-state index is 11.5. The third kappa shape index (κ3) is 6.55. The van der Waals surface area contributed by atoms with Gasteiger partial charge in [-0.2, -0.15) is 0 Å². The van der Waals surface area contributed by atoms with Crippen molar-refractivity contribution >= 4 is 29.9 Å². The average molecular weight is 323 g/mol. The second kappa shape index (κ2) is 7.87. The molecule has 0 atom stereocenters. The second-order valence-corrected chi connectivity index (χ2v) is 5.28. The Balaban J connectivity index is 2.82. The van der Waals surface area contributed by atoms with Crippen LogP contribution in [0, 0.1) is 0 Å². The molecule has 0 spiro atoms. The van der Waals surface area contributed by atoms with Crippen LogP contribution >= 0.6 is 0 Å². The number of aromatic nitrogens is 1. The van der Waals surface area contributed by atoms with E-state index in [1.807, 2.05) is 0 Å². The van der Waals surface area contributed by atoms with E-state index in [1.54, 1.807) is 20.8 Å². The number of nitrogens with zero attached hydrogens (tertiary/aromatic N) is 2. The fraction of sp³-hybridized carbons (Fsp3) is 0.357. The summed E-state index contributed by atoms with van der Waals surface area (Å²) in [6.45, 7) is 4.52. The number of carboxylic acids is 1. The molecule has 0 aromatic carbocycles. The van der Waals surface area contributed by atoms with Crippen LogP contribution in [-0.4, -0.2) is 46.4 Å². The van der Waals surface area contributed by atoms with E-state index in [-0.39, 0.29) is 11.5 Å². The first-order chi connectivity index (χ1) is 10.7. The first-order valence-corrected chi connectivity index (χ1v) is 6.55. The van der Waals surface area contributed by atoms with E-state index < -0.39 is 29.9 Å². The zero-order valence-corrected chi connectivity index (χ0v) is 12.9. The Bertz CT molecular complexity index is 621. The molecular formula is C14H17N3O6. The molecule has 2 N–H and O–H groups in total. The molecule has 0 aliphatic carbocycles. The largest absolute Gasteiger partial charge is 0.476 e. The van der Waals surface area contributed by atoms with Crippen molar-refractivity contribution in [3.63, 3.8) is 0 Å². The molecule has 0 fully saturated rings. The zero-order valence-electron chi connectivity index (χ0n) is 12.9. The van der Waals surface area contributed by atoms with Crippen molar-refractivity contribution in [3.05, 3.63) is 23.9 Å². The van der Waals surface area contributed by atoms with Gasteiger partial charge in [0.1, 0.15) is 17.1 Å². The van der Waals surface area contributed by atoms with Crippen LogP contribution in [0.2, 0.25) is 0 Å². The highest BCUT2D eigenvalue weighted by Crippen LogP contribution is 2.08. The predicted molar refractivity (Wildman–Crippen MR) is 79.9 cm³/mol. The molecule has 0 aliphatic heterocycles. The molecule has 0 aliphatic rings. The van der Waals surface area contributed by atoms with Crippen LogP contribution in [0.15, 0.2) is 23.4 Å². The number of nitrogens with one attached hydrogen (secondary N) is 1. The first kappa shape index (κ1) is 18.1. The summed E-state index contributed by atoms with van der Waals surface area (Å²) in [4.78, 5) is 41.7. The van der Waals surface area contributed by atoms with Crippen molar-refractivity contribution in [2.75, 3.05) is 11.9 Å². The summed E-state index contributed by atoms with van der Waals surface area (Å²) in [6, 6.07) is 4.33. The fourth-order valence-electron chi connectivity index (χ4n) is 1.42. The third-order valence-corrected chi connectivity index (χ3v) is 2.16. The highest BCUT2D eigenvalue weighted by molar-refractivity contribution is 6.41. The minimum absolute atomic E-state index is 0.0338. The summed E-state index contributed by atoms with van der Waals surface area (Å²) in [5.41, 5.74) is -1.23. The minimum atomic E-state index is -1.40. The van der Waals surface area contributed by atoms with Gasteiger partial charge in [-0.25, -0.2) is 14.6 Å². The molecule has 9 nitrogen and oxygen atoms in total. The number of aliphatic carboxylic acids is 1. The lowest BCUT2D eigenvalue weighted by atomic mass is 10.2. The van der Waals surface area contributed by atoms with Crippen LogP contribution in [0.3, 0.4) is 0 Å². The molecule has 0 radical (unpaired) electrons. The Morgan fingerprint density at radius 2 is 2.09 bits per heavy atom. The molecule has 1 aromatic heterocycles. The molecule has 1 rings (SSSR count). The standard InChI is InChI=1S/C14H17N3O6/c1-14(2,3)23-11(19)7-22-17-12(13(20)21)9-5-4-6-10(16-9)15-8-18/h4-6,8H,7H2,1-3H3,(H,20,21)(H,15,16,18)/b17-12+. The van der Waals surface area contributed by atoms with Crippen molar-refractivity contribution in [2.45, 2.75) is 26.4 Å². The molecule has 1 amide bonds. The Morgan fingerprint density at radius 3 is 2.65 bits per heavy atom. The Morgan fingerprint density at radius 1 is 1.39 bits per heavy atom. The number of hydrogen-bond donors (Lipinski definition) is 2. The van der Waals surface area contributed by atoms with Gasteiger partial charge in [0.05, 0.1) is 0 Å². The number of amides is 1. The lowest BCUT2D eigenvalue weighted by Crippen LogP contribution is -2.26. The molecule has 0 saturated carbocycles. The Labute approximate surface area is 132 Å². The van der Waals surface area contributed by atoms with Crippen molar-refractivity contribution in [2.24, 2.45) is 5.16 Å². The number of anilines is 1. The quantitative estimate of drug-likeness (QED) is 0.329. The molecule has 0 saturated heterocycles. The van der Waals surface area contributed by atoms with Crippen molar-refractivity contribution in [1.29, 1.82) is 0 Å². The number of ether oxygens (including phenoxy) is 1. The number of oxime groups is 1. The third-order valence-electron chi connectivity index (χ3n) is 2.16. The number of rotatable bonds is 7. The number of carboxylic acid groups (broad SMARTS) is 1. The molecule has 23 heavy (non-hydrogen) atoms. The summed E-state index contributed by atoms with van der Waals surface area (Å²) >= 11 is 0. The zero-order chi connectivity index (χ0) is 17.5. The summed E-state index contributed by atoms with van der Waals surface area (Å²) < 4.78 is 4.99. The van der Waals surface area contributed by atoms with Gasteiger partial charge < -0.3 is 20.0 Å². The van der Waals surface area contributed by atoms with Gasteiger partial charge in [-0.05, 0) is 32.9 Å². The van der Waals surface area contributed by atoms with E-state index in [1.165, 1.54) is 18.2 Å². The number of carbonyl (C=O) groups is 3. The predicted octanol–water partition coefficient (Wildman–Crippen LogP) is 0.797. The average Bonchev–Trinajstić information content (AvgIpc) is 2.42. The van der Waals surface area contributed by atoms with Crippen molar-refractivity contribution < 1.29 is 29.1 Å². The summed E-state index contributed by atoms with van der Waals surface area (Å²) in [5.74, 6) is -1.93. The lowest BCUT2D eigenvalue weighted by Gasteiger charge is -2.18. The second-order valence-electron chi connectivity index (χ2n) is 5.28. The van der Waals surface area contributed by atoms with Gasteiger partial charge in [0.2, 0.25) is 18.7 Å². The van der Waals surface area contributed by atoms with Gasteiger partial charge in [-0.3, -0.25) is 4.79 Å². The molecule has 1 heterocycles. The Hall–Kier alpha value is -2.97. The number of esters is 1. The van der Waals surface area contributed by atoms with Crippen molar-refractivity contribution in [3.8, 4) is 0 Å². The van der Waals surface area contributed by atoms with E-state index in [0.29, 0.717) is 6.41 Å². The molecule has 1 aromatic rings. The van der Waals surface area contributed by atoms with E-state index in [9.17, 15) is 14.4 Å². The van der Waals surface area contributed by atoms with E-state index >= 15 is 0 Å². The van der Waals surface area contributed by atoms with Gasteiger partial charge in [0.15, 0.2) is 0 Å². The van der Waals surface area contributed by atoms with Crippen molar-refractivity contribution in [1.82, 2.24) is 4.98 Å².